The minimum atomic E-state index is -0.700. The molecule has 1 aromatic carbocycles. The number of benzene rings is 1. The normalized spacial score (nSPS) is 13.6. The monoisotopic (exact) mass is 612 g/mol. The van der Waals surface area contributed by atoms with Crippen LogP contribution in [0, 0.1) is 34.4 Å². The number of hydrogen-bond acceptors (Lipinski definition) is 8. The highest BCUT2D eigenvalue weighted by Crippen LogP contribution is 2.31. The van der Waals surface area contributed by atoms with Gasteiger partial charge in [-0.25, -0.2) is 9.07 Å². The number of ether oxygens (including phenoxy) is 2. The Bertz CT molecular complexity index is 1370. The second kappa shape index (κ2) is 17.0. The number of ketones is 1. The molecule has 2 aromatic rings. The maximum atomic E-state index is 14.4. The Kier molecular flexibility index (Phi) is 14.2. The summed E-state index contributed by atoms with van der Waals surface area (Å²) in [5.74, 6) is 0.526. The molecule has 1 aromatic heterocycles. The van der Waals surface area contributed by atoms with Gasteiger partial charge >= 0.3 is 0 Å². The van der Waals surface area contributed by atoms with Crippen LogP contribution in [0.5, 0.6) is 5.75 Å². The molecule has 1 heterocycles. The number of oxime groups is 1. The molecule has 2 rings (SSSR count). The van der Waals surface area contributed by atoms with E-state index in [0.29, 0.717) is 41.2 Å². The van der Waals surface area contributed by atoms with Crippen LogP contribution in [0.3, 0.4) is 0 Å². The highest BCUT2D eigenvalue weighted by atomic mass is 19.1. The largest absolute Gasteiger partial charge is 0.496 e. The fraction of sp³-hybridized carbons (Fsp3) is 0.618. The fourth-order valence-corrected chi connectivity index (χ4v) is 4.72. The minimum absolute atomic E-state index is 0.0891. The lowest BCUT2D eigenvalue weighted by Crippen LogP contribution is -2.33. The minimum Gasteiger partial charge on any atom is -0.496 e. The Morgan fingerprint density at radius 2 is 1.89 bits per heavy atom. The summed E-state index contributed by atoms with van der Waals surface area (Å²) in [6.07, 6.45) is 1.42. The summed E-state index contributed by atoms with van der Waals surface area (Å²) >= 11 is 0. The lowest BCUT2D eigenvalue weighted by atomic mass is 9.85. The summed E-state index contributed by atoms with van der Waals surface area (Å²) in [4.78, 5) is 31.7. The van der Waals surface area contributed by atoms with Gasteiger partial charge in [0.25, 0.3) is 5.56 Å². The summed E-state index contributed by atoms with van der Waals surface area (Å²) in [5.41, 5.74) is 1.05. The lowest BCUT2D eigenvalue weighted by Gasteiger charge is -2.24. The fourth-order valence-electron chi connectivity index (χ4n) is 4.72. The zero-order valence-corrected chi connectivity index (χ0v) is 27.8. The van der Waals surface area contributed by atoms with Gasteiger partial charge in [0.15, 0.2) is 0 Å². The maximum Gasteiger partial charge on any atom is 0.276 e. The van der Waals surface area contributed by atoms with Crippen LogP contribution < -0.4 is 10.3 Å². The Labute approximate surface area is 261 Å². The van der Waals surface area contributed by atoms with Crippen LogP contribution >= 0.6 is 0 Å². The lowest BCUT2D eigenvalue weighted by molar-refractivity contribution is -0.126. The maximum absolute atomic E-state index is 14.4. The van der Waals surface area contributed by atoms with Gasteiger partial charge in [-0.15, -0.1) is 0 Å². The van der Waals surface area contributed by atoms with Crippen molar-refractivity contribution in [1.82, 2.24) is 9.78 Å². The Balaban J connectivity index is 2.55. The van der Waals surface area contributed by atoms with Crippen LogP contribution in [0.15, 0.2) is 34.2 Å². The Morgan fingerprint density at radius 1 is 1.18 bits per heavy atom. The van der Waals surface area contributed by atoms with Crippen molar-refractivity contribution in [1.29, 1.82) is 5.26 Å². The average Bonchev–Trinajstić information content (AvgIpc) is 2.95. The molecule has 0 saturated heterocycles. The molecular formula is C34H49FN4O5. The first-order valence-corrected chi connectivity index (χ1v) is 15.3. The van der Waals surface area contributed by atoms with Crippen LogP contribution in [0.1, 0.15) is 104 Å². The van der Waals surface area contributed by atoms with Crippen LogP contribution in [0.2, 0.25) is 0 Å². The number of methoxy groups -OCH3 is 1. The van der Waals surface area contributed by atoms with Crippen molar-refractivity contribution in [3.8, 4) is 11.8 Å². The van der Waals surface area contributed by atoms with Crippen molar-refractivity contribution in [2.45, 2.75) is 106 Å². The molecule has 0 fully saturated rings. The molecule has 9 nitrogen and oxygen atoms in total. The summed E-state index contributed by atoms with van der Waals surface area (Å²) in [6.45, 7) is 15.9. The number of halogens is 1. The van der Waals surface area contributed by atoms with Gasteiger partial charge in [0, 0.05) is 30.4 Å². The third-order valence-electron chi connectivity index (χ3n) is 7.45. The van der Waals surface area contributed by atoms with Gasteiger partial charge < -0.3 is 14.3 Å². The zero-order valence-electron chi connectivity index (χ0n) is 27.8. The van der Waals surface area contributed by atoms with E-state index in [-0.39, 0.29) is 54.1 Å². The molecule has 0 aliphatic heterocycles. The molecule has 0 spiro atoms. The van der Waals surface area contributed by atoms with Gasteiger partial charge in [-0.3, -0.25) is 9.59 Å². The average molecular weight is 613 g/mol. The van der Waals surface area contributed by atoms with E-state index in [0.717, 1.165) is 12.8 Å². The second-order valence-electron chi connectivity index (χ2n) is 12.8. The van der Waals surface area contributed by atoms with Gasteiger partial charge in [0.2, 0.25) is 0 Å². The zero-order chi connectivity index (χ0) is 33.0. The van der Waals surface area contributed by atoms with Gasteiger partial charge in [-0.1, -0.05) is 39.8 Å². The van der Waals surface area contributed by atoms with E-state index in [9.17, 15) is 14.0 Å². The van der Waals surface area contributed by atoms with Crippen molar-refractivity contribution in [3.05, 3.63) is 57.3 Å². The number of rotatable bonds is 17. The number of nitriles is 1. The number of nitrogens with zero attached hydrogens (tertiary/aromatic N) is 4. The molecule has 0 saturated carbocycles. The Morgan fingerprint density at radius 3 is 2.48 bits per heavy atom. The summed E-state index contributed by atoms with van der Waals surface area (Å²) in [6, 6.07) is 7.92. The van der Waals surface area contributed by atoms with Gasteiger partial charge in [0.1, 0.15) is 23.5 Å². The SMILES string of the molecule is COc1ccc(F)cc1C(Cc1cc(/C(C)=N/OC(C)C)c(=O)n(C[C@@H](CCCC(=O)C(C)(C)C)C(C)C)n1)OCCC#N. The van der Waals surface area contributed by atoms with E-state index in [1.165, 1.54) is 30.0 Å². The van der Waals surface area contributed by atoms with Crippen molar-refractivity contribution in [3.63, 3.8) is 0 Å². The first-order chi connectivity index (χ1) is 20.7. The van der Waals surface area contributed by atoms with E-state index in [4.69, 9.17) is 24.7 Å². The topological polar surface area (TPSA) is 116 Å². The van der Waals surface area contributed by atoms with Crippen LogP contribution in [0.4, 0.5) is 4.39 Å². The van der Waals surface area contributed by atoms with Crippen LogP contribution in [-0.4, -0.2) is 41.1 Å². The smallest absolute Gasteiger partial charge is 0.276 e. The molecule has 10 heteroatoms. The summed E-state index contributed by atoms with van der Waals surface area (Å²) in [5, 5.41) is 18.0. The molecule has 44 heavy (non-hydrogen) atoms. The molecule has 0 N–H and O–H groups in total. The van der Waals surface area contributed by atoms with E-state index < -0.39 is 11.9 Å². The number of Topliss-reactive ketones (excluding diaryl/α,β-unsaturated/α-hetero) is 1. The number of aromatic nitrogens is 2. The predicted octanol–water partition coefficient (Wildman–Crippen LogP) is 6.81. The molecule has 0 radical (unpaired) electrons. The Hall–Kier alpha value is -3.58. The third-order valence-corrected chi connectivity index (χ3v) is 7.45. The van der Waals surface area contributed by atoms with Gasteiger partial charge in [-0.05, 0) is 69.7 Å². The first kappa shape index (κ1) is 36.6. The molecule has 242 valence electrons. The third kappa shape index (κ3) is 11.2. The van der Waals surface area contributed by atoms with Gasteiger partial charge in [-0.2, -0.15) is 10.4 Å². The molecule has 1 unspecified atom stereocenters. The standard InChI is InChI=1S/C34H49FN4O5/c1-22(2)25(12-10-13-32(40)34(6,7)8)21-39-33(41)28(24(5)38-44-23(3)4)19-27(37-39)20-31(43-17-11-16-36)29-18-26(35)14-15-30(29)42-9/h14-15,18-19,22-23,25,31H,10-13,17,20-21H2,1-9H3/b38-24+/t25-,31?/m1/s1. The predicted molar refractivity (Wildman–Crippen MR) is 169 cm³/mol. The van der Waals surface area contributed by atoms with Crippen molar-refractivity contribution >= 4 is 11.5 Å². The summed E-state index contributed by atoms with van der Waals surface area (Å²) < 4.78 is 27.4. The van der Waals surface area contributed by atoms with E-state index in [1.807, 2.05) is 34.6 Å². The molecule has 0 aliphatic rings. The second-order valence-corrected chi connectivity index (χ2v) is 12.8. The van der Waals surface area contributed by atoms with Gasteiger partial charge in [0.05, 0.1) is 49.3 Å². The van der Waals surface area contributed by atoms with Crippen molar-refractivity contribution in [2.24, 2.45) is 22.4 Å². The van der Waals surface area contributed by atoms with Crippen molar-refractivity contribution < 1.29 is 23.5 Å². The highest BCUT2D eigenvalue weighted by Gasteiger charge is 2.25. The van der Waals surface area contributed by atoms with Crippen molar-refractivity contribution in [2.75, 3.05) is 13.7 Å². The quantitative estimate of drug-likeness (QED) is 0.109. The van der Waals surface area contributed by atoms with E-state index in [1.54, 1.807) is 13.0 Å². The molecule has 0 amide bonds. The molecule has 2 atom stereocenters. The highest BCUT2D eigenvalue weighted by molar-refractivity contribution is 5.98. The van der Waals surface area contributed by atoms with E-state index >= 15 is 0 Å². The molecule has 0 bridgehead atoms. The number of carbonyl (C=O) groups excluding carboxylic acids is 1. The van der Waals surface area contributed by atoms with Crippen LogP contribution in [-0.2, 0) is 27.3 Å². The first-order valence-electron chi connectivity index (χ1n) is 15.3. The summed E-state index contributed by atoms with van der Waals surface area (Å²) in [7, 11) is 1.50. The molecule has 0 aliphatic carbocycles. The molecular weight excluding hydrogens is 563 g/mol. The van der Waals surface area contributed by atoms with E-state index in [2.05, 4.69) is 25.1 Å². The number of hydrogen-bond donors (Lipinski definition) is 0. The van der Waals surface area contributed by atoms with Crippen LogP contribution in [0.25, 0.3) is 0 Å². The number of carbonyl (C=O) groups is 1.